The van der Waals surface area contributed by atoms with E-state index in [0.717, 1.165) is 0 Å². The standard InChI is InChI=1S/C9H19NO5/c1-13-4-5-15-7-6-14-3-2-10-8-9(11)12/h10H,2-8H2,1H3,(H,11,12). The monoisotopic (exact) mass is 221 g/mol. The summed E-state index contributed by atoms with van der Waals surface area (Å²) in [5.41, 5.74) is 0. The van der Waals surface area contributed by atoms with E-state index in [2.05, 4.69) is 5.32 Å². The summed E-state index contributed by atoms with van der Waals surface area (Å²) in [5.74, 6) is -0.863. The molecule has 0 rings (SSSR count). The number of hydrogen-bond acceptors (Lipinski definition) is 5. The highest BCUT2D eigenvalue weighted by Gasteiger charge is 1.94. The number of carboxylic acids is 1. The Hall–Kier alpha value is -0.690. The van der Waals surface area contributed by atoms with Crippen LogP contribution in [0.5, 0.6) is 0 Å². The third-order valence-corrected chi connectivity index (χ3v) is 1.50. The molecular formula is C9H19NO5. The predicted molar refractivity (Wildman–Crippen MR) is 54.0 cm³/mol. The van der Waals surface area contributed by atoms with Crippen LogP contribution in [0.4, 0.5) is 0 Å². The van der Waals surface area contributed by atoms with Crippen molar-refractivity contribution in [2.75, 3.05) is 53.2 Å². The van der Waals surface area contributed by atoms with Gasteiger partial charge in [0.05, 0.1) is 39.6 Å². The van der Waals surface area contributed by atoms with Crippen LogP contribution < -0.4 is 5.32 Å². The summed E-state index contributed by atoms with van der Waals surface area (Å²) in [6.07, 6.45) is 0. The van der Waals surface area contributed by atoms with E-state index in [9.17, 15) is 4.79 Å². The molecule has 90 valence electrons. The summed E-state index contributed by atoms with van der Waals surface area (Å²) in [6, 6.07) is 0. The average molecular weight is 221 g/mol. The molecule has 0 bridgehead atoms. The van der Waals surface area contributed by atoms with E-state index in [4.69, 9.17) is 19.3 Å². The van der Waals surface area contributed by atoms with E-state index in [0.29, 0.717) is 39.6 Å². The summed E-state index contributed by atoms with van der Waals surface area (Å²) >= 11 is 0. The maximum atomic E-state index is 10.1. The lowest BCUT2D eigenvalue weighted by Gasteiger charge is -2.05. The third kappa shape index (κ3) is 13.3. The molecule has 0 aromatic rings. The van der Waals surface area contributed by atoms with Gasteiger partial charge in [-0.15, -0.1) is 0 Å². The molecule has 0 aliphatic heterocycles. The average Bonchev–Trinajstić information content (AvgIpc) is 2.20. The molecule has 6 nitrogen and oxygen atoms in total. The van der Waals surface area contributed by atoms with Gasteiger partial charge in [0.15, 0.2) is 0 Å². The minimum absolute atomic E-state index is 0.0340. The van der Waals surface area contributed by atoms with Crippen molar-refractivity contribution in [3.63, 3.8) is 0 Å². The second-order valence-corrected chi connectivity index (χ2v) is 2.79. The Morgan fingerprint density at radius 2 is 1.73 bits per heavy atom. The number of aliphatic carboxylic acids is 1. The van der Waals surface area contributed by atoms with Crippen molar-refractivity contribution in [3.05, 3.63) is 0 Å². The predicted octanol–water partition coefficient (Wildman–Crippen LogP) is -0.660. The van der Waals surface area contributed by atoms with E-state index in [1.165, 1.54) is 0 Å². The second-order valence-electron chi connectivity index (χ2n) is 2.79. The fourth-order valence-corrected chi connectivity index (χ4v) is 0.804. The first kappa shape index (κ1) is 14.3. The maximum absolute atomic E-state index is 10.1. The smallest absolute Gasteiger partial charge is 0.317 e. The number of carboxylic acid groups (broad SMARTS) is 1. The van der Waals surface area contributed by atoms with Gasteiger partial charge in [0.1, 0.15) is 0 Å². The van der Waals surface area contributed by atoms with E-state index >= 15 is 0 Å². The molecule has 0 saturated carbocycles. The molecule has 6 heteroatoms. The van der Waals surface area contributed by atoms with Crippen molar-refractivity contribution in [1.82, 2.24) is 5.32 Å². The first-order chi connectivity index (χ1) is 7.27. The van der Waals surface area contributed by atoms with Crippen LogP contribution in [-0.2, 0) is 19.0 Å². The van der Waals surface area contributed by atoms with Crippen LogP contribution in [0.3, 0.4) is 0 Å². The van der Waals surface area contributed by atoms with Gasteiger partial charge >= 0.3 is 5.97 Å². The van der Waals surface area contributed by atoms with Gasteiger partial charge < -0.3 is 24.6 Å². The van der Waals surface area contributed by atoms with Crippen molar-refractivity contribution in [3.8, 4) is 0 Å². The molecule has 0 radical (unpaired) electrons. The molecule has 0 saturated heterocycles. The first-order valence-corrected chi connectivity index (χ1v) is 4.84. The third-order valence-electron chi connectivity index (χ3n) is 1.50. The van der Waals surface area contributed by atoms with Crippen molar-refractivity contribution in [2.45, 2.75) is 0 Å². The zero-order valence-corrected chi connectivity index (χ0v) is 9.03. The van der Waals surface area contributed by atoms with Gasteiger partial charge in [-0.2, -0.15) is 0 Å². The lowest BCUT2D eigenvalue weighted by molar-refractivity contribution is -0.136. The molecule has 2 N–H and O–H groups in total. The minimum Gasteiger partial charge on any atom is -0.480 e. The molecule has 0 fully saturated rings. The molecule has 0 aliphatic carbocycles. The summed E-state index contributed by atoms with van der Waals surface area (Å²) in [6.45, 7) is 3.18. The SMILES string of the molecule is COCCOCCOCCNCC(=O)O. The Morgan fingerprint density at radius 3 is 2.33 bits per heavy atom. The van der Waals surface area contributed by atoms with Crippen LogP contribution >= 0.6 is 0 Å². The zero-order chi connectivity index (χ0) is 11.4. The van der Waals surface area contributed by atoms with Crippen LogP contribution in [-0.4, -0.2) is 64.3 Å². The fourth-order valence-electron chi connectivity index (χ4n) is 0.804. The van der Waals surface area contributed by atoms with E-state index in [1.807, 2.05) is 0 Å². The van der Waals surface area contributed by atoms with E-state index in [1.54, 1.807) is 7.11 Å². The number of rotatable bonds is 11. The molecule has 0 heterocycles. The molecule has 0 unspecified atom stereocenters. The molecule has 0 aliphatic rings. The highest BCUT2D eigenvalue weighted by atomic mass is 16.5. The molecule has 15 heavy (non-hydrogen) atoms. The Morgan fingerprint density at radius 1 is 1.13 bits per heavy atom. The number of ether oxygens (including phenoxy) is 3. The van der Waals surface area contributed by atoms with Gasteiger partial charge in [-0.3, -0.25) is 4.79 Å². The van der Waals surface area contributed by atoms with Gasteiger partial charge in [0.2, 0.25) is 0 Å². The maximum Gasteiger partial charge on any atom is 0.317 e. The van der Waals surface area contributed by atoms with Gasteiger partial charge in [-0.25, -0.2) is 0 Å². The van der Waals surface area contributed by atoms with Crippen molar-refractivity contribution in [2.24, 2.45) is 0 Å². The number of hydrogen-bond donors (Lipinski definition) is 2. The van der Waals surface area contributed by atoms with Crippen LogP contribution in [0.25, 0.3) is 0 Å². The van der Waals surface area contributed by atoms with Crippen LogP contribution in [0.1, 0.15) is 0 Å². The first-order valence-electron chi connectivity index (χ1n) is 4.84. The van der Waals surface area contributed by atoms with E-state index in [-0.39, 0.29) is 6.54 Å². The van der Waals surface area contributed by atoms with Crippen LogP contribution in [0, 0.1) is 0 Å². The normalized spacial score (nSPS) is 10.5. The molecule has 0 aromatic carbocycles. The topological polar surface area (TPSA) is 77.0 Å². The van der Waals surface area contributed by atoms with Gasteiger partial charge in [-0.1, -0.05) is 0 Å². The summed E-state index contributed by atoms with van der Waals surface area (Å²) in [5, 5.41) is 11.0. The van der Waals surface area contributed by atoms with Crippen molar-refractivity contribution < 1.29 is 24.1 Å². The molecule has 0 atom stereocenters. The Balaban J connectivity index is 2.89. The Bertz CT molecular complexity index is 153. The number of nitrogens with one attached hydrogen (secondary N) is 1. The quantitative estimate of drug-likeness (QED) is 0.451. The molecule has 0 spiro atoms. The largest absolute Gasteiger partial charge is 0.480 e. The summed E-state index contributed by atoms with van der Waals surface area (Å²) in [4.78, 5) is 10.1. The Labute approximate surface area is 89.5 Å². The summed E-state index contributed by atoms with van der Waals surface area (Å²) < 4.78 is 15.1. The second kappa shape index (κ2) is 11.4. The molecule has 0 aromatic heterocycles. The minimum atomic E-state index is -0.863. The van der Waals surface area contributed by atoms with Crippen molar-refractivity contribution >= 4 is 5.97 Å². The van der Waals surface area contributed by atoms with Gasteiger partial charge in [-0.05, 0) is 0 Å². The lowest BCUT2D eigenvalue weighted by Crippen LogP contribution is -2.26. The number of methoxy groups -OCH3 is 1. The van der Waals surface area contributed by atoms with Crippen LogP contribution in [0.15, 0.2) is 0 Å². The zero-order valence-electron chi connectivity index (χ0n) is 9.03. The lowest BCUT2D eigenvalue weighted by atomic mass is 10.6. The van der Waals surface area contributed by atoms with Gasteiger partial charge in [0, 0.05) is 13.7 Å². The highest BCUT2D eigenvalue weighted by Crippen LogP contribution is 1.79. The van der Waals surface area contributed by atoms with E-state index < -0.39 is 5.97 Å². The summed E-state index contributed by atoms with van der Waals surface area (Å²) in [7, 11) is 1.62. The van der Waals surface area contributed by atoms with Gasteiger partial charge in [0.25, 0.3) is 0 Å². The van der Waals surface area contributed by atoms with Crippen LogP contribution in [0.2, 0.25) is 0 Å². The van der Waals surface area contributed by atoms with Crippen molar-refractivity contribution in [1.29, 1.82) is 0 Å². The fraction of sp³-hybridized carbons (Fsp3) is 0.889. The molecular weight excluding hydrogens is 202 g/mol. The number of carbonyl (C=O) groups is 1. The Kier molecular flexibility index (Phi) is 10.9. The molecule has 0 amide bonds. The highest BCUT2D eigenvalue weighted by molar-refractivity contribution is 5.68.